The average molecular weight is 465 g/mol. The van der Waals surface area contributed by atoms with Crippen LogP contribution in [0.15, 0.2) is 66.6 Å². The summed E-state index contributed by atoms with van der Waals surface area (Å²) < 4.78 is 2.16. The van der Waals surface area contributed by atoms with Crippen molar-refractivity contribution in [2.24, 2.45) is 0 Å². The van der Waals surface area contributed by atoms with Gasteiger partial charge in [0.25, 0.3) is 0 Å². The predicted octanol–water partition coefficient (Wildman–Crippen LogP) is 6.31. The van der Waals surface area contributed by atoms with Gasteiger partial charge in [0.1, 0.15) is 0 Å². The summed E-state index contributed by atoms with van der Waals surface area (Å²) in [7, 11) is 0. The summed E-state index contributed by atoms with van der Waals surface area (Å²) in [5.74, 6) is 0. The Labute approximate surface area is 199 Å². The van der Waals surface area contributed by atoms with E-state index in [-0.39, 0.29) is 0 Å². The van der Waals surface area contributed by atoms with Crippen LogP contribution in [0, 0.1) is 11.3 Å². The van der Waals surface area contributed by atoms with Crippen LogP contribution in [0.5, 0.6) is 0 Å². The number of imidazole rings is 1. The molecule has 1 atom stereocenters. The van der Waals surface area contributed by atoms with Crippen molar-refractivity contribution in [1.29, 1.82) is 5.26 Å². The van der Waals surface area contributed by atoms with Crippen LogP contribution in [-0.2, 0) is 19.5 Å². The van der Waals surface area contributed by atoms with Crippen molar-refractivity contribution in [3.63, 3.8) is 0 Å². The largest absolute Gasteiger partial charge is 0.329 e. The van der Waals surface area contributed by atoms with E-state index in [1.807, 2.05) is 55.0 Å². The molecule has 0 bridgehead atoms. The van der Waals surface area contributed by atoms with Gasteiger partial charge in [0.15, 0.2) is 0 Å². The molecule has 1 N–H and O–H groups in total. The van der Waals surface area contributed by atoms with Crippen molar-refractivity contribution >= 4 is 23.2 Å². The summed E-state index contributed by atoms with van der Waals surface area (Å²) >= 11 is 12.5. The minimum absolute atomic E-state index is 0.330. The van der Waals surface area contributed by atoms with Gasteiger partial charge < -0.3 is 9.88 Å². The highest BCUT2D eigenvalue weighted by Crippen LogP contribution is 2.27. The van der Waals surface area contributed by atoms with E-state index < -0.39 is 0 Å². The molecule has 1 aliphatic carbocycles. The number of hydrogen-bond donors (Lipinski definition) is 1. The van der Waals surface area contributed by atoms with E-state index in [0.29, 0.717) is 16.6 Å². The minimum atomic E-state index is 0.330. The van der Waals surface area contributed by atoms with Gasteiger partial charge in [-0.2, -0.15) is 5.26 Å². The Kier molecular flexibility index (Phi) is 7.65. The fourth-order valence-corrected chi connectivity index (χ4v) is 4.62. The number of nitrogens with zero attached hydrogens (tertiary/aromatic N) is 3. The number of halogens is 2. The number of nitriles is 1. The van der Waals surface area contributed by atoms with Crippen molar-refractivity contribution in [2.45, 2.75) is 51.2 Å². The Morgan fingerprint density at radius 1 is 1.12 bits per heavy atom. The van der Waals surface area contributed by atoms with E-state index in [2.05, 4.69) is 27.0 Å². The molecule has 0 aliphatic heterocycles. The maximum Gasteiger partial charge on any atom is 0.0991 e. The summed E-state index contributed by atoms with van der Waals surface area (Å²) in [6.45, 7) is 1.50. The van der Waals surface area contributed by atoms with Crippen LogP contribution in [0.4, 0.5) is 0 Å². The second kappa shape index (κ2) is 10.8. The second-order valence-corrected chi connectivity index (χ2v) is 9.14. The van der Waals surface area contributed by atoms with E-state index >= 15 is 0 Å². The van der Waals surface area contributed by atoms with Gasteiger partial charge in [0, 0.05) is 35.4 Å². The Morgan fingerprint density at radius 2 is 1.97 bits per heavy atom. The molecule has 0 saturated carbocycles. The van der Waals surface area contributed by atoms with Crippen LogP contribution in [-0.4, -0.2) is 15.6 Å². The third kappa shape index (κ3) is 6.01. The highest BCUT2D eigenvalue weighted by Gasteiger charge is 2.14. The van der Waals surface area contributed by atoms with Crippen molar-refractivity contribution in [3.05, 3.63) is 99.1 Å². The van der Waals surface area contributed by atoms with Crippen LogP contribution in [0.3, 0.4) is 0 Å². The van der Waals surface area contributed by atoms with E-state index in [0.717, 1.165) is 54.2 Å². The molecule has 1 unspecified atom stereocenters. The third-order valence-corrected chi connectivity index (χ3v) is 6.50. The van der Waals surface area contributed by atoms with E-state index in [4.69, 9.17) is 28.5 Å². The Bertz CT molecular complexity index is 1130. The van der Waals surface area contributed by atoms with Crippen molar-refractivity contribution in [2.75, 3.05) is 0 Å². The van der Waals surface area contributed by atoms with Gasteiger partial charge in [-0.05, 0) is 61.1 Å². The molecule has 2 aromatic carbocycles. The summed E-state index contributed by atoms with van der Waals surface area (Å²) in [5, 5.41) is 14.1. The minimum Gasteiger partial charge on any atom is -0.329 e. The molecule has 164 valence electrons. The molecule has 32 heavy (non-hydrogen) atoms. The zero-order chi connectivity index (χ0) is 22.3. The molecule has 4 nitrogen and oxygen atoms in total. The topological polar surface area (TPSA) is 53.6 Å². The van der Waals surface area contributed by atoms with Gasteiger partial charge in [-0.3, -0.25) is 0 Å². The second-order valence-electron chi connectivity index (χ2n) is 8.29. The lowest BCUT2D eigenvalue weighted by atomic mass is 10.0. The number of nitrogens with one attached hydrogen (secondary N) is 1. The molecule has 0 radical (unpaired) electrons. The molecule has 0 saturated heterocycles. The van der Waals surface area contributed by atoms with Crippen molar-refractivity contribution < 1.29 is 0 Å². The summed E-state index contributed by atoms with van der Waals surface area (Å²) in [6, 6.07) is 16.0. The maximum absolute atomic E-state index is 8.98. The maximum atomic E-state index is 8.98. The lowest BCUT2D eigenvalue weighted by molar-refractivity contribution is 0.525. The summed E-state index contributed by atoms with van der Waals surface area (Å²) in [4.78, 5) is 4.35. The van der Waals surface area contributed by atoms with Gasteiger partial charge in [0.2, 0.25) is 0 Å². The Balaban J connectivity index is 1.40. The zero-order valence-corrected chi connectivity index (χ0v) is 19.4. The first kappa shape index (κ1) is 22.6. The van der Waals surface area contributed by atoms with E-state index in [1.165, 1.54) is 18.4 Å². The number of rotatable bonds is 7. The number of hydrogen-bond acceptors (Lipinski definition) is 3. The molecule has 6 heteroatoms. The predicted molar refractivity (Wildman–Crippen MR) is 130 cm³/mol. The molecule has 1 aromatic heterocycles. The molecular formula is C26H26Cl2N4. The summed E-state index contributed by atoms with van der Waals surface area (Å²) in [6.07, 6.45) is 11.7. The molecule has 0 spiro atoms. The molecule has 4 rings (SSSR count). The monoisotopic (exact) mass is 464 g/mol. The molecule has 1 heterocycles. The van der Waals surface area contributed by atoms with E-state index in [1.54, 1.807) is 0 Å². The van der Waals surface area contributed by atoms with Gasteiger partial charge in [-0.1, -0.05) is 59.5 Å². The standard InChI is InChI=1S/C26H26Cl2N4/c27-23-10-9-22(26(28)13-23)11-21-3-1-2-4-24(12-21)31-16-25-15-30-18-32(25)17-20-7-5-19(14-29)6-8-20/h5-10,12-13,15,18,24,31H,1-4,11,16-17H2. The lowest BCUT2D eigenvalue weighted by Gasteiger charge is -2.16. The fraction of sp³-hybridized carbons (Fsp3) is 0.308. The van der Waals surface area contributed by atoms with Crippen molar-refractivity contribution in [1.82, 2.24) is 14.9 Å². The number of benzene rings is 2. The van der Waals surface area contributed by atoms with Crippen LogP contribution in [0.25, 0.3) is 0 Å². The lowest BCUT2D eigenvalue weighted by Crippen LogP contribution is -2.27. The van der Waals surface area contributed by atoms with Gasteiger partial charge in [0.05, 0.1) is 23.7 Å². The van der Waals surface area contributed by atoms with E-state index in [9.17, 15) is 0 Å². The molecule has 0 fully saturated rings. The average Bonchev–Trinajstić information content (AvgIpc) is 3.11. The third-order valence-electron chi connectivity index (χ3n) is 5.91. The van der Waals surface area contributed by atoms with Crippen LogP contribution in [0.2, 0.25) is 10.0 Å². The highest BCUT2D eigenvalue weighted by molar-refractivity contribution is 6.35. The Morgan fingerprint density at radius 3 is 2.75 bits per heavy atom. The van der Waals surface area contributed by atoms with Gasteiger partial charge in [-0.15, -0.1) is 0 Å². The van der Waals surface area contributed by atoms with Crippen LogP contribution >= 0.6 is 23.2 Å². The molecule has 3 aromatic rings. The van der Waals surface area contributed by atoms with Gasteiger partial charge >= 0.3 is 0 Å². The van der Waals surface area contributed by atoms with Crippen molar-refractivity contribution in [3.8, 4) is 6.07 Å². The quantitative estimate of drug-likeness (QED) is 0.416. The SMILES string of the molecule is N#Cc1ccc(Cn2cncc2CNC2C=C(Cc3ccc(Cl)cc3Cl)CCCC2)cc1. The molecular weight excluding hydrogens is 439 g/mol. The molecule has 1 aliphatic rings. The Hall–Kier alpha value is -2.58. The normalized spacial score (nSPS) is 16.3. The first-order chi connectivity index (χ1) is 15.6. The first-order valence-electron chi connectivity index (χ1n) is 11.0. The van der Waals surface area contributed by atoms with Crippen LogP contribution in [0.1, 0.15) is 48.1 Å². The van der Waals surface area contributed by atoms with Gasteiger partial charge in [-0.25, -0.2) is 4.98 Å². The van der Waals surface area contributed by atoms with Crippen LogP contribution < -0.4 is 5.32 Å². The number of allylic oxidation sites excluding steroid dienone is 1. The highest BCUT2D eigenvalue weighted by atomic mass is 35.5. The first-order valence-corrected chi connectivity index (χ1v) is 11.7. The zero-order valence-electron chi connectivity index (χ0n) is 17.9. The molecule has 0 amide bonds. The smallest absolute Gasteiger partial charge is 0.0991 e. The summed E-state index contributed by atoms with van der Waals surface area (Å²) in [5.41, 5.74) is 5.53. The number of aromatic nitrogens is 2. The fourth-order valence-electron chi connectivity index (χ4n) is 4.14.